The number of alkyl halides is 2. The lowest BCUT2D eigenvalue weighted by Crippen LogP contribution is -2.51. The van der Waals surface area contributed by atoms with Gasteiger partial charge in [-0.1, -0.05) is 37.6 Å². The minimum atomic E-state index is -2.41. The zero-order valence-electron chi connectivity index (χ0n) is 17.2. The number of benzene rings is 1. The first kappa shape index (κ1) is 24.3. The number of ketones is 1. The lowest BCUT2D eigenvalue weighted by atomic mass is 9.91. The van der Waals surface area contributed by atoms with Crippen LogP contribution in [0.3, 0.4) is 0 Å². The lowest BCUT2D eigenvalue weighted by molar-refractivity contribution is -0.145. The van der Waals surface area contributed by atoms with Crippen LogP contribution in [0.1, 0.15) is 43.7 Å². The van der Waals surface area contributed by atoms with Crippen LogP contribution < -0.4 is 11.2 Å². The van der Waals surface area contributed by atoms with Crippen molar-refractivity contribution in [2.45, 2.75) is 38.7 Å². The smallest absolute Gasteiger partial charge is 0.291 e. The van der Waals surface area contributed by atoms with Crippen molar-refractivity contribution in [1.29, 1.82) is 0 Å². The van der Waals surface area contributed by atoms with Gasteiger partial charge < -0.3 is 10.7 Å². The fourth-order valence-corrected chi connectivity index (χ4v) is 3.16. The predicted octanol–water partition coefficient (Wildman–Crippen LogP) is 2.07. The molecule has 4 N–H and O–H groups in total. The number of Topliss-reactive ketones (excluding diaryl/α,β-unsaturated/α-hetero) is 1. The number of imidazole rings is 1. The van der Waals surface area contributed by atoms with Crippen LogP contribution in [0.15, 0.2) is 24.3 Å². The number of amides is 3. The van der Waals surface area contributed by atoms with E-state index in [-0.39, 0.29) is 36.9 Å². The maximum atomic E-state index is 13.3. The molecular formula is C20H25ClFN5O4. The first-order valence-corrected chi connectivity index (χ1v) is 10.2. The summed E-state index contributed by atoms with van der Waals surface area (Å²) in [6, 6.07) is 7.12. The van der Waals surface area contributed by atoms with Gasteiger partial charge in [0.25, 0.3) is 11.5 Å². The normalized spacial score (nSPS) is 13.1. The molecule has 1 aromatic heterocycles. The fraction of sp³-hybridized carbons (Fsp3) is 0.450. The van der Waals surface area contributed by atoms with Crippen LogP contribution in [0.2, 0.25) is 0 Å². The van der Waals surface area contributed by atoms with Gasteiger partial charge in [-0.2, -0.15) is 0 Å². The monoisotopic (exact) mass is 453 g/mol. The summed E-state index contributed by atoms with van der Waals surface area (Å²) in [6.07, 6.45) is -0.153. The third-order valence-electron chi connectivity index (χ3n) is 4.49. The zero-order chi connectivity index (χ0) is 23.1. The van der Waals surface area contributed by atoms with Gasteiger partial charge in [0.05, 0.1) is 17.6 Å². The van der Waals surface area contributed by atoms with E-state index in [2.05, 4.69) is 15.4 Å². The summed E-state index contributed by atoms with van der Waals surface area (Å²) in [6.45, 7) is 3.40. The van der Waals surface area contributed by atoms with E-state index >= 15 is 0 Å². The van der Waals surface area contributed by atoms with Gasteiger partial charge in [0.2, 0.25) is 11.8 Å². The fourth-order valence-electron chi connectivity index (χ4n) is 3.04. The summed E-state index contributed by atoms with van der Waals surface area (Å²) < 4.78 is 13.3. The highest BCUT2D eigenvalue weighted by molar-refractivity contribution is 6.29. The van der Waals surface area contributed by atoms with Crippen LogP contribution in [-0.4, -0.2) is 50.7 Å². The van der Waals surface area contributed by atoms with Crippen LogP contribution >= 0.6 is 11.6 Å². The number of H-pyrrole nitrogens is 1. The van der Waals surface area contributed by atoms with Crippen LogP contribution in [0.4, 0.5) is 4.39 Å². The number of carbonyl (C=O) groups is 4. The molecule has 0 saturated heterocycles. The Morgan fingerprint density at radius 1 is 1.26 bits per heavy atom. The van der Waals surface area contributed by atoms with Crippen molar-refractivity contribution >= 4 is 46.1 Å². The predicted molar refractivity (Wildman–Crippen MR) is 112 cm³/mol. The van der Waals surface area contributed by atoms with Crippen molar-refractivity contribution in [3.05, 3.63) is 30.1 Å². The second kappa shape index (κ2) is 10.9. The lowest BCUT2D eigenvalue weighted by Gasteiger charge is -2.26. The molecule has 2 atom stereocenters. The van der Waals surface area contributed by atoms with E-state index in [9.17, 15) is 23.6 Å². The van der Waals surface area contributed by atoms with Crippen molar-refractivity contribution in [2.75, 3.05) is 6.54 Å². The number of nitrogens with one attached hydrogen (secondary N) is 2. The molecule has 0 bridgehead atoms. The number of para-hydroxylation sites is 2. The van der Waals surface area contributed by atoms with E-state index in [1.165, 1.54) is 0 Å². The van der Waals surface area contributed by atoms with Gasteiger partial charge >= 0.3 is 0 Å². The first-order chi connectivity index (χ1) is 14.6. The van der Waals surface area contributed by atoms with Gasteiger partial charge in [0.15, 0.2) is 11.6 Å². The minimum absolute atomic E-state index is 0.0518. The summed E-state index contributed by atoms with van der Waals surface area (Å²) >= 11 is 5.20. The molecule has 9 nitrogen and oxygen atoms in total. The summed E-state index contributed by atoms with van der Waals surface area (Å²) in [5.74, 6) is -3.68. The topological polar surface area (TPSA) is 138 Å². The largest absolute Gasteiger partial charge is 0.370 e. The second-order valence-corrected chi connectivity index (χ2v) is 7.92. The number of primary amides is 1. The maximum Gasteiger partial charge on any atom is 0.291 e. The van der Waals surface area contributed by atoms with Crippen molar-refractivity contribution in [3.8, 4) is 0 Å². The van der Waals surface area contributed by atoms with Gasteiger partial charge in [0, 0.05) is 18.8 Å². The van der Waals surface area contributed by atoms with Crippen LogP contribution in [0.5, 0.6) is 0 Å². The molecule has 2 aromatic rings. The van der Waals surface area contributed by atoms with E-state index in [1.54, 1.807) is 24.3 Å². The van der Waals surface area contributed by atoms with Gasteiger partial charge in [0.1, 0.15) is 0 Å². The third kappa shape index (κ3) is 7.02. The number of aromatic amines is 1. The number of fused-ring (bicyclic) bond motifs is 1. The molecule has 11 heteroatoms. The maximum absolute atomic E-state index is 13.3. The van der Waals surface area contributed by atoms with Crippen molar-refractivity contribution in [2.24, 2.45) is 17.6 Å². The Balaban J connectivity index is 2.16. The average molecular weight is 454 g/mol. The Bertz CT molecular complexity index is 929. The number of rotatable bonds is 10. The molecule has 0 aliphatic rings. The molecule has 0 unspecified atom stereocenters. The van der Waals surface area contributed by atoms with Crippen LogP contribution in [0.25, 0.3) is 11.0 Å². The summed E-state index contributed by atoms with van der Waals surface area (Å²) in [5, 5.41) is 0.615. The standard InChI is InChI=1S/C20H25ClFN5O4/c1-11(2)9-12(10-15(28)18-24-13-5-3-4-6-14(13)25-18)19(30)26-27(8-7-16(23)29)20(31)17(21)22/h3-6,11-12,17H,7-10H2,1-2H3,(H2,23,29)(H,24,25)(H,26,30)/t12-,17-/m1/s1. The number of hydrogen-bond acceptors (Lipinski definition) is 5. The number of nitrogens with two attached hydrogens (primary N) is 1. The van der Waals surface area contributed by atoms with Gasteiger partial charge in [-0.25, -0.2) is 14.4 Å². The number of hydrogen-bond donors (Lipinski definition) is 3. The molecule has 0 saturated carbocycles. The average Bonchev–Trinajstić information content (AvgIpc) is 3.13. The molecule has 168 valence electrons. The van der Waals surface area contributed by atoms with Crippen molar-refractivity contribution in [1.82, 2.24) is 20.4 Å². The van der Waals surface area contributed by atoms with Gasteiger partial charge in [-0.3, -0.25) is 24.6 Å². The Labute approximate surface area is 183 Å². The highest BCUT2D eigenvalue weighted by Crippen LogP contribution is 2.20. The molecule has 1 aromatic carbocycles. The second-order valence-electron chi connectivity index (χ2n) is 7.54. The SMILES string of the molecule is CC(C)C[C@H](CC(=O)c1nc2ccccc2[nH]1)C(=O)NN(CCC(N)=O)C(=O)[C@@H](F)Cl. The van der Waals surface area contributed by atoms with Crippen LogP contribution in [-0.2, 0) is 14.4 Å². The number of hydrazine groups is 1. The van der Waals surface area contributed by atoms with E-state index in [4.69, 9.17) is 17.3 Å². The number of halogens is 2. The molecule has 0 radical (unpaired) electrons. The summed E-state index contributed by atoms with van der Waals surface area (Å²) in [4.78, 5) is 55.7. The van der Waals surface area contributed by atoms with Crippen molar-refractivity contribution in [3.63, 3.8) is 0 Å². The van der Waals surface area contributed by atoms with Gasteiger partial charge in [-0.15, -0.1) is 0 Å². The molecule has 31 heavy (non-hydrogen) atoms. The van der Waals surface area contributed by atoms with E-state index in [1.807, 2.05) is 13.8 Å². The van der Waals surface area contributed by atoms with Crippen molar-refractivity contribution < 1.29 is 23.6 Å². The highest BCUT2D eigenvalue weighted by atomic mass is 35.5. The molecule has 1 heterocycles. The molecule has 0 aliphatic carbocycles. The Hall–Kier alpha value is -3.01. The summed E-state index contributed by atoms with van der Waals surface area (Å²) in [7, 11) is 0. The molecule has 0 spiro atoms. The summed E-state index contributed by atoms with van der Waals surface area (Å²) in [5.41, 5.74) is 6.24. The molecule has 0 fully saturated rings. The Morgan fingerprint density at radius 2 is 1.94 bits per heavy atom. The number of nitrogens with zero attached hydrogens (tertiary/aromatic N) is 2. The molecule has 2 rings (SSSR count). The van der Waals surface area contributed by atoms with E-state index < -0.39 is 29.3 Å². The van der Waals surface area contributed by atoms with Gasteiger partial charge in [-0.05, 0) is 24.5 Å². The van der Waals surface area contributed by atoms with E-state index in [0.717, 1.165) is 0 Å². The van der Waals surface area contributed by atoms with Crippen LogP contribution in [0, 0.1) is 11.8 Å². The zero-order valence-corrected chi connectivity index (χ0v) is 18.0. The highest BCUT2D eigenvalue weighted by Gasteiger charge is 2.29. The third-order valence-corrected chi connectivity index (χ3v) is 4.68. The Morgan fingerprint density at radius 3 is 2.52 bits per heavy atom. The molecule has 3 amide bonds. The molecule has 0 aliphatic heterocycles. The van der Waals surface area contributed by atoms with E-state index in [0.29, 0.717) is 22.5 Å². The Kier molecular flexibility index (Phi) is 8.49. The number of carbonyl (C=O) groups excluding carboxylic acids is 4. The quantitative estimate of drug-likeness (QED) is 0.287. The number of aromatic nitrogens is 2. The minimum Gasteiger partial charge on any atom is -0.370 e. The first-order valence-electron chi connectivity index (χ1n) is 9.74. The molecular weight excluding hydrogens is 429 g/mol.